The number of hydrogen-bond acceptors (Lipinski definition) is 2. The van der Waals surface area contributed by atoms with Gasteiger partial charge >= 0.3 is 0 Å². The molecule has 0 radical (unpaired) electrons. The first-order valence-electron chi connectivity index (χ1n) is 30.5. The Hall–Kier alpha value is -9.38. The number of aryl methyl sites for hydroxylation is 4. The zero-order valence-electron chi connectivity index (χ0n) is 47.1. The molecule has 3 heteroatoms. The summed E-state index contributed by atoms with van der Waals surface area (Å²) in [6.45, 7) is 0. The van der Waals surface area contributed by atoms with Crippen molar-refractivity contribution in [3.63, 3.8) is 0 Å². The number of thiophene rings is 2. The lowest BCUT2D eigenvalue weighted by Crippen LogP contribution is -2.02. The molecule has 2 aliphatic rings. The first-order valence-corrected chi connectivity index (χ1v) is 32.1. The summed E-state index contributed by atoms with van der Waals surface area (Å²) >= 11 is 3.91. The third kappa shape index (κ3) is 7.80. The van der Waals surface area contributed by atoms with Gasteiger partial charge in [-0.3, -0.25) is 0 Å². The molecular weight excluding hydrogens is 1060 g/mol. The highest BCUT2D eigenvalue weighted by Crippen LogP contribution is 2.49. The van der Waals surface area contributed by atoms with Crippen molar-refractivity contribution < 1.29 is 0 Å². The van der Waals surface area contributed by atoms with Gasteiger partial charge in [-0.1, -0.05) is 212 Å². The SMILES string of the molecule is c1ccc(-c2c3ccccc3c(-c3ccc(-n4c5ccc(-c6cccc7c6sc6c(-c8ccc9c(c8)CCCC9)cccc67)cc5c5cc(-c6cccc7c6sc6c(-c8ccc9c(c8)CCCC9)cccc67)ccc54)cc3)c3ccccc23)cc1. The smallest absolute Gasteiger partial charge is 0.0541 e. The van der Waals surface area contributed by atoms with Gasteiger partial charge in [0.05, 0.1) is 11.0 Å². The van der Waals surface area contributed by atoms with E-state index in [4.69, 9.17) is 0 Å². The van der Waals surface area contributed by atoms with E-state index in [-0.39, 0.29) is 0 Å². The maximum absolute atomic E-state index is 2.51. The molecule has 85 heavy (non-hydrogen) atoms. The molecule has 16 aromatic rings. The molecule has 2 aliphatic carbocycles. The monoisotopic (exact) mass is 1120 g/mol. The summed E-state index contributed by atoms with van der Waals surface area (Å²) in [5.41, 5.74) is 25.0. The Kier molecular flexibility index (Phi) is 11.3. The first-order chi connectivity index (χ1) is 42.1. The highest BCUT2D eigenvalue weighted by Gasteiger charge is 2.23. The van der Waals surface area contributed by atoms with Crippen molar-refractivity contribution >= 4 is 106 Å². The largest absolute Gasteiger partial charge is 0.309 e. The third-order valence-corrected chi connectivity index (χ3v) is 21.7. The van der Waals surface area contributed by atoms with E-state index in [1.165, 1.54) is 224 Å². The van der Waals surface area contributed by atoms with Crippen molar-refractivity contribution in [3.8, 4) is 72.4 Å². The van der Waals surface area contributed by atoms with Gasteiger partial charge in [0, 0.05) is 56.8 Å². The molecule has 0 atom stereocenters. The second kappa shape index (κ2) is 19.6. The van der Waals surface area contributed by atoms with Crippen LogP contribution in [0.15, 0.2) is 249 Å². The molecule has 1 nitrogen and oxygen atoms in total. The second-order valence-corrected chi connectivity index (χ2v) is 25.9. The minimum absolute atomic E-state index is 1.14. The van der Waals surface area contributed by atoms with E-state index < -0.39 is 0 Å². The average molecular weight is 1120 g/mol. The fourth-order valence-corrected chi connectivity index (χ4v) is 17.9. The molecule has 3 heterocycles. The number of fused-ring (bicyclic) bond motifs is 13. The first kappa shape index (κ1) is 49.1. The van der Waals surface area contributed by atoms with Gasteiger partial charge in [0.15, 0.2) is 0 Å². The molecule has 0 spiro atoms. The number of rotatable bonds is 7. The molecule has 0 unspecified atom stereocenters. The molecule has 13 aromatic carbocycles. The van der Waals surface area contributed by atoms with E-state index >= 15 is 0 Å². The van der Waals surface area contributed by atoms with Crippen molar-refractivity contribution in [2.45, 2.75) is 51.4 Å². The minimum Gasteiger partial charge on any atom is -0.309 e. The molecule has 18 rings (SSSR count). The van der Waals surface area contributed by atoms with Crippen LogP contribution < -0.4 is 0 Å². The van der Waals surface area contributed by atoms with Gasteiger partial charge in [-0.05, 0) is 198 Å². The van der Waals surface area contributed by atoms with Gasteiger partial charge in [-0.15, -0.1) is 22.7 Å². The lowest BCUT2D eigenvalue weighted by atomic mass is 9.86. The average Bonchev–Trinajstić information content (AvgIpc) is 2.25. The Morgan fingerprint density at radius 3 is 0.976 bits per heavy atom. The fraction of sp³-hybridized carbons (Fsp3) is 0.0976. The van der Waals surface area contributed by atoms with Crippen molar-refractivity contribution in [3.05, 3.63) is 271 Å². The normalized spacial score (nSPS) is 13.5. The van der Waals surface area contributed by atoms with Crippen LogP contribution in [0.4, 0.5) is 0 Å². The highest BCUT2D eigenvalue weighted by atomic mass is 32.1. The maximum atomic E-state index is 2.51. The fourth-order valence-electron chi connectivity index (χ4n) is 15.1. The third-order valence-electron chi connectivity index (χ3n) is 19.2. The summed E-state index contributed by atoms with van der Waals surface area (Å²) in [7, 11) is 0. The molecule has 0 saturated carbocycles. The Morgan fingerprint density at radius 1 is 0.235 bits per heavy atom. The van der Waals surface area contributed by atoms with Crippen LogP contribution in [-0.2, 0) is 25.7 Å². The minimum atomic E-state index is 1.14. The number of nitrogens with zero attached hydrogens (tertiary/aromatic N) is 1. The number of hydrogen-bond donors (Lipinski definition) is 0. The van der Waals surface area contributed by atoms with Crippen LogP contribution >= 0.6 is 22.7 Å². The molecule has 3 aromatic heterocycles. The molecule has 0 fully saturated rings. The number of aromatic nitrogens is 1. The Balaban J connectivity index is 0.817. The summed E-state index contributed by atoms with van der Waals surface area (Å²) in [5, 5.41) is 12.9. The van der Waals surface area contributed by atoms with Crippen LogP contribution in [0.25, 0.3) is 156 Å². The Morgan fingerprint density at radius 2 is 0.565 bits per heavy atom. The molecule has 0 saturated heterocycles. The van der Waals surface area contributed by atoms with E-state index in [0.29, 0.717) is 0 Å². The Bertz CT molecular complexity index is 5130. The van der Waals surface area contributed by atoms with Gasteiger partial charge in [0.1, 0.15) is 0 Å². The highest BCUT2D eigenvalue weighted by molar-refractivity contribution is 7.27. The summed E-state index contributed by atoms with van der Waals surface area (Å²) in [5.74, 6) is 0. The predicted molar refractivity (Wildman–Crippen MR) is 367 cm³/mol. The van der Waals surface area contributed by atoms with Gasteiger partial charge in [-0.2, -0.15) is 0 Å². The lowest BCUT2D eigenvalue weighted by molar-refractivity contribution is 0.686. The summed E-state index contributed by atoms with van der Waals surface area (Å²) in [4.78, 5) is 0. The van der Waals surface area contributed by atoms with Crippen LogP contribution in [0.5, 0.6) is 0 Å². The van der Waals surface area contributed by atoms with E-state index in [1.54, 1.807) is 0 Å². The van der Waals surface area contributed by atoms with E-state index in [9.17, 15) is 0 Å². The van der Waals surface area contributed by atoms with E-state index in [0.717, 1.165) is 5.69 Å². The Labute approximate surface area is 502 Å². The van der Waals surface area contributed by atoms with Gasteiger partial charge in [0.2, 0.25) is 0 Å². The maximum Gasteiger partial charge on any atom is 0.0541 e. The summed E-state index contributed by atoms with van der Waals surface area (Å²) in [6, 6.07) is 95.1. The van der Waals surface area contributed by atoms with Crippen LogP contribution in [0.2, 0.25) is 0 Å². The van der Waals surface area contributed by atoms with Crippen molar-refractivity contribution in [1.29, 1.82) is 0 Å². The lowest BCUT2D eigenvalue weighted by Gasteiger charge is -2.18. The van der Waals surface area contributed by atoms with Crippen LogP contribution in [0.3, 0.4) is 0 Å². The topological polar surface area (TPSA) is 4.93 Å². The second-order valence-electron chi connectivity index (χ2n) is 23.9. The zero-order chi connectivity index (χ0) is 55.7. The van der Waals surface area contributed by atoms with Crippen LogP contribution in [0, 0.1) is 0 Å². The van der Waals surface area contributed by atoms with Crippen LogP contribution in [-0.4, -0.2) is 4.57 Å². The standard InChI is InChI=1S/C82H57NS2/c1-2-18-52(19-3-1)77-65-22-8-10-24-67(65)78(68-25-11-9-23-66(68)77)53-38-42-60(43-39-53)83-75-44-40-58(63-28-14-32-71-69-30-12-26-61(79(69)84-81(63)71)56-36-34-50-16-4-6-20-54(50)46-56)48-73(75)74-49-59(41-45-76(74)83)64-29-15-33-72-70-31-13-27-62(80(70)85-82(64)72)57-37-35-51-17-5-7-21-55(51)47-57/h1-3,8-15,18-19,22-49H,4-7,16-17,20-21H2. The van der Waals surface area contributed by atoms with Crippen molar-refractivity contribution in [2.75, 3.05) is 0 Å². The predicted octanol–water partition coefficient (Wildman–Crippen LogP) is 23.6. The van der Waals surface area contributed by atoms with Gasteiger partial charge < -0.3 is 4.57 Å². The number of benzene rings is 13. The van der Waals surface area contributed by atoms with Crippen molar-refractivity contribution in [1.82, 2.24) is 4.57 Å². The molecule has 402 valence electrons. The summed E-state index contributed by atoms with van der Waals surface area (Å²) < 4.78 is 7.91. The zero-order valence-corrected chi connectivity index (χ0v) is 48.7. The molecule has 0 bridgehead atoms. The molecular formula is C82H57NS2. The molecule has 0 aliphatic heterocycles. The summed E-state index contributed by atoms with van der Waals surface area (Å²) in [6.07, 6.45) is 9.90. The quantitative estimate of drug-likeness (QED) is 0.140. The van der Waals surface area contributed by atoms with Gasteiger partial charge in [-0.25, -0.2) is 0 Å². The van der Waals surface area contributed by atoms with Crippen molar-refractivity contribution in [2.24, 2.45) is 0 Å². The van der Waals surface area contributed by atoms with E-state index in [2.05, 4.69) is 253 Å². The van der Waals surface area contributed by atoms with Gasteiger partial charge in [0.25, 0.3) is 0 Å². The van der Waals surface area contributed by atoms with Crippen LogP contribution in [0.1, 0.15) is 47.9 Å². The molecule has 0 amide bonds. The van der Waals surface area contributed by atoms with E-state index in [1.807, 2.05) is 22.7 Å². The molecule has 0 N–H and O–H groups in total.